The highest BCUT2D eigenvalue weighted by Gasteiger charge is 2.09. The predicted octanol–water partition coefficient (Wildman–Crippen LogP) is 4.98. The van der Waals surface area contributed by atoms with E-state index in [4.69, 9.17) is 4.74 Å². The van der Waals surface area contributed by atoms with Crippen LogP contribution >= 0.6 is 11.3 Å². The van der Waals surface area contributed by atoms with Gasteiger partial charge in [0, 0.05) is 24.0 Å². The van der Waals surface area contributed by atoms with Gasteiger partial charge in [-0.15, -0.1) is 11.3 Å². The van der Waals surface area contributed by atoms with Gasteiger partial charge >= 0.3 is 0 Å². The predicted molar refractivity (Wildman–Crippen MR) is 112 cm³/mol. The van der Waals surface area contributed by atoms with Gasteiger partial charge in [0.25, 0.3) is 0 Å². The Morgan fingerprint density at radius 2 is 1.96 bits per heavy atom. The smallest absolute Gasteiger partial charge is 0.197 e. The monoisotopic (exact) mass is 378 g/mol. The fourth-order valence-corrected chi connectivity index (χ4v) is 3.63. The van der Waals surface area contributed by atoms with E-state index in [-0.39, 0.29) is 0 Å². The fourth-order valence-electron chi connectivity index (χ4n) is 2.92. The summed E-state index contributed by atoms with van der Waals surface area (Å²) in [6.07, 6.45) is 1.07. The van der Waals surface area contributed by atoms with Crippen LogP contribution in [0, 0.1) is 13.8 Å². The zero-order chi connectivity index (χ0) is 18.6. The van der Waals surface area contributed by atoms with Crippen LogP contribution in [0.15, 0.2) is 52.8 Å². The van der Waals surface area contributed by atoms with Crippen LogP contribution in [-0.2, 0) is 0 Å². The minimum absolute atomic E-state index is 0.805. The molecule has 0 aliphatic carbocycles. The molecule has 138 valence electrons. The summed E-state index contributed by atoms with van der Waals surface area (Å²) in [4.78, 5) is 9.07. The van der Waals surface area contributed by atoms with E-state index in [1.54, 1.807) is 11.3 Å². The molecule has 5 nitrogen and oxygen atoms in total. The molecule has 0 atom stereocenters. The van der Waals surface area contributed by atoms with E-state index in [0.717, 1.165) is 58.9 Å². The molecular formula is C21H22N4OS. The maximum Gasteiger partial charge on any atom is 0.197 e. The summed E-state index contributed by atoms with van der Waals surface area (Å²) in [5.74, 6) is 2.51. The second-order valence-corrected chi connectivity index (χ2v) is 7.43. The van der Waals surface area contributed by atoms with E-state index < -0.39 is 0 Å². The minimum Gasteiger partial charge on any atom is -0.457 e. The summed E-state index contributed by atoms with van der Waals surface area (Å²) in [6, 6.07) is 14.2. The number of hydrogen-bond donors (Lipinski definition) is 2. The van der Waals surface area contributed by atoms with Gasteiger partial charge in [-0.25, -0.2) is 4.98 Å². The molecule has 0 unspecified atom stereocenters. The number of thiazole rings is 1. The number of benzene rings is 2. The normalized spacial score (nSPS) is 13.6. The molecule has 6 heteroatoms. The summed E-state index contributed by atoms with van der Waals surface area (Å²) in [5.41, 5.74) is 4.37. The third-order valence-electron chi connectivity index (χ3n) is 4.34. The molecular weight excluding hydrogens is 356 g/mol. The van der Waals surface area contributed by atoms with Crippen molar-refractivity contribution in [2.24, 2.45) is 4.99 Å². The largest absolute Gasteiger partial charge is 0.457 e. The summed E-state index contributed by atoms with van der Waals surface area (Å²) in [7, 11) is 0. The van der Waals surface area contributed by atoms with E-state index >= 15 is 0 Å². The van der Waals surface area contributed by atoms with Crippen molar-refractivity contribution in [2.45, 2.75) is 20.3 Å². The highest BCUT2D eigenvalue weighted by atomic mass is 32.1. The first-order valence-electron chi connectivity index (χ1n) is 9.04. The SMILES string of the molecule is Cc1ccc(Oc2ccc(-c3csc(NC4=NCCCN4)n3)cc2)c(C)c1. The Kier molecular flexibility index (Phi) is 5.07. The van der Waals surface area contributed by atoms with Gasteiger partial charge in [0.05, 0.1) is 5.69 Å². The van der Waals surface area contributed by atoms with Crippen LogP contribution < -0.4 is 15.4 Å². The Morgan fingerprint density at radius 3 is 2.70 bits per heavy atom. The van der Waals surface area contributed by atoms with Crippen molar-refractivity contribution in [3.8, 4) is 22.8 Å². The Morgan fingerprint density at radius 1 is 1.11 bits per heavy atom. The molecule has 0 radical (unpaired) electrons. The molecule has 1 aliphatic rings. The Balaban J connectivity index is 1.45. The number of anilines is 1. The van der Waals surface area contributed by atoms with Crippen LogP contribution in [0.5, 0.6) is 11.5 Å². The molecule has 0 saturated carbocycles. The maximum absolute atomic E-state index is 6.01. The average Bonchev–Trinajstić information content (AvgIpc) is 3.14. The van der Waals surface area contributed by atoms with Gasteiger partial charge in [-0.05, 0) is 56.2 Å². The van der Waals surface area contributed by atoms with Crippen LogP contribution in [0.25, 0.3) is 11.3 Å². The molecule has 2 aromatic carbocycles. The van der Waals surface area contributed by atoms with Crippen molar-refractivity contribution in [1.82, 2.24) is 10.3 Å². The quantitative estimate of drug-likeness (QED) is 0.672. The van der Waals surface area contributed by atoms with Gasteiger partial charge in [-0.1, -0.05) is 17.7 Å². The number of hydrogen-bond acceptors (Lipinski definition) is 6. The van der Waals surface area contributed by atoms with Crippen LogP contribution in [0.1, 0.15) is 17.5 Å². The van der Waals surface area contributed by atoms with Gasteiger partial charge in [-0.2, -0.15) is 0 Å². The summed E-state index contributed by atoms with van der Waals surface area (Å²) in [5, 5.41) is 9.38. The van der Waals surface area contributed by atoms with Crippen LogP contribution in [-0.4, -0.2) is 24.0 Å². The average molecular weight is 379 g/mol. The van der Waals surface area contributed by atoms with E-state index in [1.165, 1.54) is 5.56 Å². The van der Waals surface area contributed by atoms with E-state index in [2.05, 4.69) is 46.6 Å². The standard InChI is InChI=1S/C21H22N4OS/c1-14-4-9-19(15(2)12-14)26-17-7-5-16(6-8-17)18-13-27-21(24-18)25-20-22-10-3-11-23-20/h4-9,12-13H,3,10-11H2,1-2H3,(H2,22,23,24,25). The van der Waals surface area contributed by atoms with Crippen molar-refractivity contribution < 1.29 is 4.74 Å². The van der Waals surface area contributed by atoms with Crippen LogP contribution in [0.4, 0.5) is 5.13 Å². The number of aryl methyl sites for hydroxylation is 2. The molecule has 0 bridgehead atoms. The summed E-state index contributed by atoms with van der Waals surface area (Å²) < 4.78 is 6.01. The zero-order valence-corrected chi connectivity index (χ0v) is 16.3. The maximum atomic E-state index is 6.01. The first-order chi connectivity index (χ1) is 13.2. The zero-order valence-electron chi connectivity index (χ0n) is 15.5. The Hall–Kier alpha value is -2.86. The van der Waals surface area contributed by atoms with Crippen molar-refractivity contribution in [1.29, 1.82) is 0 Å². The molecule has 3 aromatic rings. The molecule has 27 heavy (non-hydrogen) atoms. The van der Waals surface area contributed by atoms with Gasteiger partial charge in [-0.3, -0.25) is 4.99 Å². The van der Waals surface area contributed by atoms with Crippen molar-refractivity contribution >= 4 is 22.4 Å². The summed E-state index contributed by atoms with van der Waals surface area (Å²) in [6.45, 7) is 5.95. The first kappa shape index (κ1) is 17.5. The highest BCUT2D eigenvalue weighted by molar-refractivity contribution is 7.14. The van der Waals surface area contributed by atoms with Gasteiger partial charge < -0.3 is 15.4 Å². The number of rotatable bonds is 4. The molecule has 1 aliphatic heterocycles. The number of guanidine groups is 1. The number of ether oxygens (including phenoxy) is 1. The summed E-state index contributed by atoms with van der Waals surface area (Å²) >= 11 is 1.57. The first-order valence-corrected chi connectivity index (χ1v) is 9.92. The number of aliphatic imine (C=N–C) groups is 1. The van der Waals surface area contributed by atoms with E-state index in [9.17, 15) is 0 Å². The molecule has 4 rings (SSSR count). The number of aromatic nitrogens is 1. The molecule has 0 amide bonds. The Bertz CT molecular complexity index is 963. The molecule has 0 saturated heterocycles. The third kappa shape index (κ3) is 4.28. The second kappa shape index (κ2) is 7.80. The molecule has 2 N–H and O–H groups in total. The second-order valence-electron chi connectivity index (χ2n) is 6.57. The minimum atomic E-state index is 0.805. The highest BCUT2D eigenvalue weighted by Crippen LogP contribution is 2.29. The van der Waals surface area contributed by atoms with Gasteiger partial charge in [0.15, 0.2) is 11.1 Å². The van der Waals surface area contributed by atoms with Crippen molar-refractivity contribution in [3.63, 3.8) is 0 Å². The van der Waals surface area contributed by atoms with Gasteiger partial charge in [0.2, 0.25) is 0 Å². The fraction of sp³-hybridized carbons (Fsp3) is 0.238. The number of nitrogens with one attached hydrogen (secondary N) is 2. The lowest BCUT2D eigenvalue weighted by molar-refractivity contribution is 0.479. The van der Waals surface area contributed by atoms with E-state index in [1.807, 2.05) is 35.7 Å². The lowest BCUT2D eigenvalue weighted by Gasteiger charge is -2.14. The third-order valence-corrected chi connectivity index (χ3v) is 5.09. The lowest BCUT2D eigenvalue weighted by atomic mass is 10.1. The van der Waals surface area contributed by atoms with Gasteiger partial charge in [0.1, 0.15) is 11.5 Å². The molecule has 0 fully saturated rings. The topological polar surface area (TPSA) is 58.5 Å². The van der Waals surface area contributed by atoms with E-state index in [0.29, 0.717) is 0 Å². The molecule has 1 aromatic heterocycles. The molecule has 0 spiro atoms. The van der Waals surface area contributed by atoms with Crippen molar-refractivity contribution in [3.05, 3.63) is 59.0 Å². The Labute approximate surface area is 163 Å². The van der Waals surface area contributed by atoms with Crippen LogP contribution in [0.2, 0.25) is 0 Å². The van der Waals surface area contributed by atoms with Crippen molar-refractivity contribution in [2.75, 3.05) is 18.4 Å². The number of nitrogens with zero attached hydrogens (tertiary/aromatic N) is 2. The lowest BCUT2D eigenvalue weighted by Crippen LogP contribution is -2.35. The van der Waals surface area contributed by atoms with Crippen LogP contribution in [0.3, 0.4) is 0 Å². The molecule has 2 heterocycles.